The SMILES string of the molecule is NC(=O)C(COCc1ccc(F)cc1)NC(=O)C1CN(C(=O)Cc2c[nH]c3cc(Cl)ccc23)CC2CN(C(=O)c3ccc(OC4CC4)cc3)CC21. The van der Waals surface area contributed by atoms with E-state index < -0.39 is 23.8 Å². The number of hydrogen-bond acceptors (Lipinski definition) is 6. The van der Waals surface area contributed by atoms with Crippen molar-refractivity contribution in [3.8, 4) is 5.75 Å². The van der Waals surface area contributed by atoms with Gasteiger partial charge in [0.25, 0.3) is 5.91 Å². The molecule has 4 aromatic rings. The number of benzene rings is 3. The Morgan fingerprint density at radius 3 is 2.43 bits per heavy atom. The van der Waals surface area contributed by atoms with Crippen molar-refractivity contribution in [2.45, 2.75) is 38.0 Å². The van der Waals surface area contributed by atoms with E-state index in [0.29, 0.717) is 35.8 Å². The first-order valence-electron chi connectivity index (χ1n) is 17.1. The Morgan fingerprint density at radius 2 is 1.71 bits per heavy atom. The van der Waals surface area contributed by atoms with Crippen LogP contribution in [0.4, 0.5) is 4.39 Å². The van der Waals surface area contributed by atoms with Crippen LogP contribution in [0, 0.1) is 23.6 Å². The Balaban J connectivity index is 1.07. The molecule has 4 amide bonds. The summed E-state index contributed by atoms with van der Waals surface area (Å²) in [5.74, 6) is -2.38. The molecular formula is C38H39ClFN5O6. The molecule has 0 radical (unpaired) electrons. The minimum absolute atomic E-state index is 0.0845. The van der Waals surface area contributed by atoms with Crippen LogP contribution in [0.3, 0.4) is 0 Å². The highest BCUT2D eigenvalue weighted by Crippen LogP contribution is 2.37. The molecule has 4 N–H and O–H groups in total. The molecule has 1 aromatic heterocycles. The van der Waals surface area contributed by atoms with Gasteiger partial charge in [-0.1, -0.05) is 29.8 Å². The number of primary amides is 1. The van der Waals surface area contributed by atoms with Crippen LogP contribution in [0.1, 0.15) is 34.3 Å². The van der Waals surface area contributed by atoms with Crippen molar-refractivity contribution in [3.63, 3.8) is 0 Å². The van der Waals surface area contributed by atoms with Crippen LogP contribution >= 0.6 is 11.6 Å². The average Bonchev–Trinajstić information content (AvgIpc) is 3.69. The number of hydrogen-bond donors (Lipinski definition) is 3. The number of aromatic amines is 1. The van der Waals surface area contributed by atoms with Crippen molar-refractivity contribution < 1.29 is 33.0 Å². The molecule has 3 aromatic carbocycles. The molecule has 3 aliphatic rings. The van der Waals surface area contributed by atoms with E-state index in [1.807, 2.05) is 6.07 Å². The van der Waals surface area contributed by atoms with Gasteiger partial charge in [0.1, 0.15) is 17.6 Å². The number of amides is 4. The molecule has 3 heterocycles. The maximum absolute atomic E-state index is 14.0. The molecule has 1 saturated carbocycles. The molecule has 1 aliphatic carbocycles. The van der Waals surface area contributed by atoms with Crippen LogP contribution in [0.2, 0.25) is 5.02 Å². The second kappa shape index (κ2) is 14.7. The molecule has 11 nitrogen and oxygen atoms in total. The molecule has 51 heavy (non-hydrogen) atoms. The third-order valence-electron chi connectivity index (χ3n) is 9.98. The summed E-state index contributed by atoms with van der Waals surface area (Å²) in [6, 6.07) is 17.1. The van der Waals surface area contributed by atoms with Crippen molar-refractivity contribution in [2.75, 3.05) is 32.8 Å². The van der Waals surface area contributed by atoms with Crippen LogP contribution in [-0.2, 0) is 32.1 Å². The molecule has 7 rings (SSSR count). The molecule has 3 fully saturated rings. The van der Waals surface area contributed by atoms with Gasteiger partial charge in [0.2, 0.25) is 17.7 Å². The van der Waals surface area contributed by atoms with Gasteiger partial charge in [-0.05, 0) is 84.3 Å². The van der Waals surface area contributed by atoms with E-state index >= 15 is 0 Å². The van der Waals surface area contributed by atoms with E-state index in [4.69, 9.17) is 26.8 Å². The molecule has 13 heteroatoms. The molecule has 266 valence electrons. The van der Waals surface area contributed by atoms with Gasteiger partial charge >= 0.3 is 0 Å². The number of nitrogens with one attached hydrogen (secondary N) is 2. The van der Waals surface area contributed by atoms with Gasteiger partial charge in [-0.3, -0.25) is 19.2 Å². The third kappa shape index (κ3) is 8.02. The van der Waals surface area contributed by atoms with Crippen LogP contribution in [0.15, 0.2) is 72.9 Å². The number of halogens is 2. The molecule has 4 atom stereocenters. The highest BCUT2D eigenvalue weighted by atomic mass is 35.5. The Kier molecular flexibility index (Phi) is 9.97. The summed E-state index contributed by atoms with van der Waals surface area (Å²) in [5.41, 5.74) is 8.50. The van der Waals surface area contributed by atoms with Gasteiger partial charge in [0.05, 0.1) is 31.7 Å². The quantitative estimate of drug-likeness (QED) is 0.202. The predicted molar refractivity (Wildman–Crippen MR) is 187 cm³/mol. The zero-order valence-electron chi connectivity index (χ0n) is 27.9. The standard InChI is InChI=1S/C38H39ClFN5O6/c39-26-5-12-30-24(15-42-33(30)14-26)13-35(46)44-16-25-17-45(38(49)23-3-8-28(9-4-23)51-29-10-11-29)18-31(25)32(19-44)37(48)43-34(36(41)47)21-50-20-22-1-6-27(40)7-2-22/h1-9,12,14-15,25,29,31-32,34,42H,10-11,13,16-21H2,(H2,41,47)(H,43,48). The third-order valence-corrected chi connectivity index (χ3v) is 10.2. The number of rotatable bonds is 12. The summed E-state index contributed by atoms with van der Waals surface area (Å²) in [7, 11) is 0. The fourth-order valence-corrected chi connectivity index (χ4v) is 7.26. The number of fused-ring (bicyclic) bond motifs is 2. The van der Waals surface area contributed by atoms with E-state index in [1.165, 1.54) is 12.1 Å². The summed E-state index contributed by atoms with van der Waals surface area (Å²) in [6.45, 7) is 1.05. The maximum atomic E-state index is 14.0. The minimum Gasteiger partial charge on any atom is -0.490 e. The highest BCUT2D eigenvalue weighted by Gasteiger charge is 2.48. The van der Waals surface area contributed by atoms with Gasteiger partial charge in [-0.2, -0.15) is 0 Å². The molecular weight excluding hydrogens is 677 g/mol. The molecule has 2 saturated heterocycles. The summed E-state index contributed by atoms with van der Waals surface area (Å²) < 4.78 is 24.8. The number of likely N-dealkylation sites (tertiary alicyclic amines) is 2. The fraction of sp³-hybridized carbons (Fsp3) is 0.368. The predicted octanol–water partition coefficient (Wildman–Crippen LogP) is 4.08. The summed E-state index contributed by atoms with van der Waals surface area (Å²) in [6.07, 6.45) is 4.20. The zero-order valence-corrected chi connectivity index (χ0v) is 28.6. The van der Waals surface area contributed by atoms with Gasteiger partial charge in [-0.15, -0.1) is 0 Å². The van der Waals surface area contributed by atoms with Crippen molar-refractivity contribution in [1.82, 2.24) is 20.1 Å². The minimum atomic E-state index is -1.14. The first kappa shape index (κ1) is 34.5. The fourth-order valence-electron chi connectivity index (χ4n) is 7.09. The topological polar surface area (TPSA) is 147 Å². The number of aromatic nitrogens is 1. The Hall–Kier alpha value is -4.94. The number of carbonyl (C=O) groups excluding carboxylic acids is 4. The number of ether oxygens (including phenoxy) is 2. The van der Waals surface area contributed by atoms with E-state index in [0.717, 1.165) is 35.1 Å². The van der Waals surface area contributed by atoms with Gasteiger partial charge in [0, 0.05) is 53.9 Å². The van der Waals surface area contributed by atoms with Gasteiger partial charge in [-0.25, -0.2) is 4.39 Å². The summed E-state index contributed by atoms with van der Waals surface area (Å²) in [5, 5.41) is 4.22. The van der Waals surface area contributed by atoms with Gasteiger partial charge < -0.3 is 35.3 Å². The molecule has 4 unspecified atom stereocenters. The van der Waals surface area contributed by atoms with Crippen LogP contribution in [0.5, 0.6) is 5.75 Å². The lowest BCUT2D eigenvalue weighted by Gasteiger charge is -2.40. The van der Waals surface area contributed by atoms with Crippen molar-refractivity contribution in [2.24, 2.45) is 23.5 Å². The summed E-state index contributed by atoms with van der Waals surface area (Å²) >= 11 is 6.15. The lowest BCUT2D eigenvalue weighted by Crippen LogP contribution is -2.56. The summed E-state index contributed by atoms with van der Waals surface area (Å²) in [4.78, 5) is 60.6. The van der Waals surface area contributed by atoms with Crippen LogP contribution in [-0.4, -0.2) is 83.3 Å². The van der Waals surface area contributed by atoms with E-state index in [2.05, 4.69) is 10.3 Å². The highest BCUT2D eigenvalue weighted by molar-refractivity contribution is 6.31. The number of carbonyl (C=O) groups is 4. The Labute approximate surface area is 299 Å². The molecule has 0 bridgehead atoms. The smallest absolute Gasteiger partial charge is 0.253 e. The normalized spacial score (nSPS) is 20.5. The molecule has 0 spiro atoms. The second-order valence-electron chi connectivity index (χ2n) is 13.7. The maximum Gasteiger partial charge on any atom is 0.253 e. The number of nitrogens with zero attached hydrogens (tertiary/aromatic N) is 2. The monoisotopic (exact) mass is 715 g/mol. The largest absolute Gasteiger partial charge is 0.490 e. The van der Waals surface area contributed by atoms with Crippen molar-refractivity contribution >= 4 is 46.1 Å². The van der Waals surface area contributed by atoms with Crippen LogP contribution in [0.25, 0.3) is 10.9 Å². The number of nitrogens with two attached hydrogens (primary N) is 1. The lowest BCUT2D eigenvalue weighted by molar-refractivity contribution is -0.140. The Morgan fingerprint density at radius 1 is 0.961 bits per heavy atom. The van der Waals surface area contributed by atoms with Crippen molar-refractivity contribution in [1.29, 1.82) is 0 Å². The Bertz CT molecular complexity index is 1930. The van der Waals surface area contributed by atoms with Gasteiger partial charge in [0.15, 0.2) is 0 Å². The van der Waals surface area contributed by atoms with E-state index in [-0.39, 0.29) is 61.8 Å². The number of piperidine rings is 1. The van der Waals surface area contributed by atoms with E-state index in [9.17, 15) is 23.6 Å². The lowest BCUT2D eigenvalue weighted by atomic mass is 9.79. The van der Waals surface area contributed by atoms with Crippen LogP contribution < -0.4 is 15.8 Å². The first-order chi connectivity index (χ1) is 24.6. The zero-order chi connectivity index (χ0) is 35.6. The number of H-pyrrole nitrogens is 1. The average molecular weight is 716 g/mol. The second-order valence-corrected chi connectivity index (χ2v) is 14.1. The first-order valence-corrected chi connectivity index (χ1v) is 17.5. The molecule has 2 aliphatic heterocycles. The van der Waals surface area contributed by atoms with Crippen molar-refractivity contribution in [3.05, 3.63) is 100 Å². The van der Waals surface area contributed by atoms with E-state index in [1.54, 1.807) is 64.5 Å².